The number of hydrogen-bond donors (Lipinski definition) is 1. The van der Waals surface area contributed by atoms with Crippen molar-refractivity contribution in [2.45, 2.75) is 20.3 Å². The predicted molar refractivity (Wildman–Crippen MR) is 62.5 cm³/mol. The van der Waals surface area contributed by atoms with Gasteiger partial charge in [-0.05, 0) is 30.5 Å². The highest BCUT2D eigenvalue weighted by Crippen LogP contribution is 2.07. The Bertz CT molecular complexity index is 231. The minimum atomic E-state index is -0.539. The third-order valence-electron chi connectivity index (χ3n) is 1.11. The van der Waals surface area contributed by atoms with Gasteiger partial charge in [0.25, 0.3) is 5.24 Å². The molecule has 0 aliphatic rings. The summed E-state index contributed by atoms with van der Waals surface area (Å²) in [4.78, 5) is 21.4. The summed E-state index contributed by atoms with van der Waals surface area (Å²) >= 11 is 0.777. The van der Waals surface area contributed by atoms with Crippen LogP contribution in [-0.4, -0.2) is 17.8 Å². The van der Waals surface area contributed by atoms with Gasteiger partial charge in [0.2, 0.25) is 0 Å². The number of thioether (sulfide) groups is 1. The predicted octanol–water partition coefficient (Wildman–Crippen LogP) is 2.23. The highest BCUT2D eigenvalue weighted by molar-refractivity contribution is 8.93. The molecule has 0 aliphatic carbocycles. The van der Waals surface area contributed by atoms with Gasteiger partial charge in [-0.25, -0.2) is 4.79 Å². The first-order valence-corrected chi connectivity index (χ1v) is 4.75. The van der Waals surface area contributed by atoms with Crippen molar-refractivity contribution in [1.29, 1.82) is 0 Å². The van der Waals surface area contributed by atoms with Crippen LogP contribution in [0, 0.1) is 0 Å². The molecule has 0 fully saturated rings. The number of primary amides is 1. The number of rotatable bonds is 4. The van der Waals surface area contributed by atoms with E-state index in [1.807, 2.05) is 6.92 Å². The Kier molecular flexibility index (Phi) is 10.4. The SMILES string of the molecule is Br.CCCOC(=O)C(C)=CSC(N)=O. The van der Waals surface area contributed by atoms with Gasteiger partial charge in [0.15, 0.2) is 0 Å². The molecular weight excluding hydrogens is 270 g/mol. The molecule has 0 spiro atoms. The van der Waals surface area contributed by atoms with E-state index in [9.17, 15) is 9.59 Å². The number of ether oxygens (including phenoxy) is 1. The molecule has 0 rings (SSSR count). The van der Waals surface area contributed by atoms with Gasteiger partial charge in [0.1, 0.15) is 0 Å². The topological polar surface area (TPSA) is 69.4 Å². The summed E-state index contributed by atoms with van der Waals surface area (Å²) in [7, 11) is 0. The molecule has 0 unspecified atom stereocenters. The van der Waals surface area contributed by atoms with Crippen LogP contribution >= 0.6 is 28.7 Å². The highest BCUT2D eigenvalue weighted by atomic mass is 79.9. The second-order valence-electron chi connectivity index (χ2n) is 2.37. The third kappa shape index (κ3) is 8.12. The smallest absolute Gasteiger partial charge is 0.334 e. The highest BCUT2D eigenvalue weighted by Gasteiger charge is 2.04. The Morgan fingerprint density at radius 1 is 1.50 bits per heavy atom. The van der Waals surface area contributed by atoms with Crippen molar-refractivity contribution < 1.29 is 14.3 Å². The van der Waals surface area contributed by atoms with Crippen LogP contribution in [-0.2, 0) is 9.53 Å². The molecule has 82 valence electrons. The lowest BCUT2D eigenvalue weighted by atomic mass is 10.4. The largest absolute Gasteiger partial charge is 0.462 e. The van der Waals surface area contributed by atoms with Crippen LogP contribution in [0.15, 0.2) is 11.0 Å². The summed E-state index contributed by atoms with van der Waals surface area (Å²) in [6, 6.07) is 0. The van der Waals surface area contributed by atoms with Crippen LogP contribution in [0.4, 0.5) is 4.79 Å². The lowest BCUT2D eigenvalue weighted by Crippen LogP contribution is -2.07. The van der Waals surface area contributed by atoms with Crippen LogP contribution in [0.2, 0.25) is 0 Å². The molecule has 0 aliphatic heterocycles. The van der Waals surface area contributed by atoms with Crippen LogP contribution in [0.1, 0.15) is 20.3 Å². The maximum atomic E-state index is 11.1. The Morgan fingerprint density at radius 2 is 2.07 bits per heavy atom. The maximum Gasteiger partial charge on any atom is 0.334 e. The van der Waals surface area contributed by atoms with E-state index in [1.54, 1.807) is 6.92 Å². The summed E-state index contributed by atoms with van der Waals surface area (Å²) in [5.41, 5.74) is 5.25. The second kappa shape index (κ2) is 9.08. The molecule has 0 aromatic heterocycles. The second-order valence-corrected chi connectivity index (χ2v) is 3.25. The fourth-order valence-corrected chi connectivity index (χ4v) is 0.892. The van der Waals surface area contributed by atoms with E-state index < -0.39 is 11.2 Å². The van der Waals surface area contributed by atoms with Gasteiger partial charge in [-0.1, -0.05) is 6.92 Å². The van der Waals surface area contributed by atoms with Gasteiger partial charge in [-0.3, -0.25) is 4.79 Å². The summed E-state index contributed by atoms with van der Waals surface area (Å²) in [5, 5.41) is 0.850. The van der Waals surface area contributed by atoms with E-state index in [1.165, 1.54) is 5.41 Å². The molecule has 14 heavy (non-hydrogen) atoms. The zero-order valence-electron chi connectivity index (χ0n) is 8.11. The molecule has 1 amide bonds. The van der Waals surface area contributed by atoms with Gasteiger partial charge < -0.3 is 10.5 Å². The lowest BCUT2D eigenvalue weighted by molar-refractivity contribution is -0.138. The van der Waals surface area contributed by atoms with Crippen molar-refractivity contribution >= 4 is 40.0 Å². The first kappa shape index (κ1) is 16.0. The molecular formula is C8H14BrNO3S. The zero-order valence-corrected chi connectivity index (χ0v) is 10.6. The van der Waals surface area contributed by atoms with Crippen LogP contribution in [0.25, 0.3) is 0 Å². The third-order valence-corrected chi connectivity index (χ3v) is 1.81. The van der Waals surface area contributed by atoms with Crippen molar-refractivity contribution in [3.05, 3.63) is 11.0 Å². The molecule has 0 saturated carbocycles. The van der Waals surface area contributed by atoms with Gasteiger partial charge >= 0.3 is 5.97 Å². The van der Waals surface area contributed by atoms with E-state index in [4.69, 9.17) is 10.5 Å². The van der Waals surface area contributed by atoms with Crippen LogP contribution in [0.5, 0.6) is 0 Å². The number of nitrogens with two attached hydrogens (primary N) is 1. The first-order chi connectivity index (χ1) is 6.07. The zero-order chi connectivity index (χ0) is 10.3. The summed E-state index contributed by atoms with van der Waals surface area (Å²) < 4.78 is 4.81. The Labute approximate surface area is 98.0 Å². The quantitative estimate of drug-likeness (QED) is 0.635. The maximum absolute atomic E-state index is 11.1. The standard InChI is InChI=1S/C8H13NO3S.BrH/c1-3-4-12-7(10)6(2)5-13-8(9)11;/h5H,3-4H2,1-2H3,(H2,9,11);1H. The van der Waals surface area contributed by atoms with Gasteiger partial charge in [-0.2, -0.15) is 0 Å². The van der Waals surface area contributed by atoms with Crippen LogP contribution in [0.3, 0.4) is 0 Å². The van der Waals surface area contributed by atoms with E-state index >= 15 is 0 Å². The number of halogens is 1. The normalized spacial score (nSPS) is 10.3. The minimum Gasteiger partial charge on any atom is -0.462 e. The molecule has 0 radical (unpaired) electrons. The lowest BCUT2D eigenvalue weighted by Gasteiger charge is -2.01. The molecule has 2 N–H and O–H groups in total. The number of carbonyl (C=O) groups is 2. The first-order valence-electron chi connectivity index (χ1n) is 3.88. The van der Waals surface area contributed by atoms with Crippen LogP contribution < -0.4 is 5.73 Å². The van der Waals surface area contributed by atoms with E-state index in [2.05, 4.69) is 0 Å². The summed E-state index contributed by atoms with van der Waals surface area (Å²) in [6.45, 7) is 3.88. The molecule has 0 bridgehead atoms. The van der Waals surface area contributed by atoms with Crippen molar-refractivity contribution in [3.63, 3.8) is 0 Å². The number of amides is 1. The van der Waals surface area contributed by atoms with Crippen molar-refractivity contribution in [3.8, 4) is 0 Å². The van der Waals surface area contributed by atoms with Crippen molar-refractivity contribution in [1.82, 2.24) is 0 Å². The van der Waals surface area contributed by atoms with Gasteiger partial charge in [-0.15, -0.1) is 17.0 Å². The number of esters is 1. The minimum absolute atomic E-state index is 0. The summed E-state index contributed by atoms with van der Waals surface area (Å²) in [6.07, 6.45) is 0.780. The monoisotopic (exact) mass is 283 g/mol. The molecule has 6 heteroatoms. The Balaban J connectivity index is 0. The van der Waals surface area contributed by atoms with E-state index in [0.717, 1.165) is 18.2 Å². The van der Waals surface area contributed by atoms with Crippen molar-refractivity contribution in [2.75, 3.05) is 6.61 Å². The Morgan fingerprint density at radius 3 is 2.50 bits per heavy atom. The van der Waals surface area contributed by atoms with Gasteiger partial charge in [0, 0.05) is 5.57 Å². The van der Waals surface area contributed by atoms with E-state index in [-0.39, 0.29) is 17.0 Å². The molecule has 0 aromatic carbocycles. The fourth-order valence-electron chi connectivity index (χ4n) is 0.503. The fraction of sp³-hybridized carbons (Fsp3) is 0.500. The van der Waals surface area contributed by atoms with Crippen molar-refractivity contribution in [2.24, 2.45) is 5.73 Å². The molecule has 0 aromatic rings. The molecule has 4 nitrogen and oxygen atoms in total. The number of hydrogen-bond acceptors (Lipinski definition) is 4. The average Bonchev–Trinajstić information content (AvgIpc) is 2.10. The Hall–Kier alpha value is -0.490. The summed E-state index contributed by atoms with van der Waals surface area (Å²) in [5.74, 6) is -0.407. The van der Waals surface area contributed by atoms with Gasteiger partial charge in [0.05, 0.1) is 6.61 Å². The van der Waals surface area contributed by atoms with E-state index in [0.29, 0.717) is 12.2 Å². The number of carbonyl (C=O) groups excluding carboxylic acids is 2. The average molecular weight is 284 g/mol. The molecule has 0 atom stereocenters. The molecule has 0 saturated heterocycles. The molecule has 0 heterocycles.